The number of ether oxygens (including phenoxy) is 1. The van der Waals surface area contributed by atoms with E-state index in [0.29, 0.717) is 0 Å². The standard InChI is InChI=1S/C21H28BrN3O2S/c22-17-7-8-18-19(15-17)28-21(23-18)25(20(26)16-5-2-1-3-6-16)10-4-9-24-11-13-27-14-12-24/h7-8,15-16H,1-6,9-14H2. The molecule has 0 N–H and O–H groups in total. The molecular weight excluding hydrogens is 438 g/mol. The van der Waals surface area contributed by atoms with E-state index in [2.05, 4.69) is 26.9 Å². The number of hydrogen-bond acceptors (Lipinski definition) is 5. The van der Waals surface area contributed by atoms with Crippen LogP contribution in [0.15, 0.2) is 22.7 Å². The van der Waals surface area contributed by atoms with Crippen LogP contribution in [0.25, 0.3) is 10.2 Å². The maximum atomic E-state index is 13.4. The first kappa shape index (κ1) is 20.3. The number of morpholine rings is 1. The van der Waals surface area contributed by atoms with E-state index in [1.54, 1.807) is 11.3 Å². The van der Waals surface area contributed by atoms with E-state index in [9.17, 15) is 4.79 Å². The van der Waals surface area contributed by atoms with Crippen LogP contribution in [0, 0.1) is 5.92 Å². The van der Waals surface area contributed by atoms with Crippen molar-refractivity contribution in [3.8, 4) is 0 Å². The molecule has 7 heteroatoms. The summed E-state index contributed by atoms with van der Waals surface area (Å²) >= 11 is 5.17. The number of hydrogen-bond donors (Lipinski definition) is 0. The molecule has 1 saturated carbocycles. The van der Waals surface area contributed by atoms with Crippen LogP contribution < -0.4 is 4.90 Å². The number of fused-ring (bicyclic) bond motifs is 1. The zero-order valence-electron chi connectivity index (χ0n) is 16.2. The van der Waals surface area contributed by atoms with Gasteiger partial charge in [-0.25, -0.2) is 4.98 Å². The highest BCUT2D eigenvalue weighted by molar-refractivity contribution is 9.10. The Labute approximate surface area is 179 Å². The van der Waals surface area contributed by atoms with Crippen molar-refractivity contribution < 1.29 is 9.53 Å². The molecule has 152 valence electrons. The molecule has 1 aliphatic carbocycles. The lowest BCUT2D eigenvalue weighted by atomic mass is 9.88. The molecule has 1 saturated heterocycles. The van der Waals surface area contributed by atoms with Crippen LogP contribution in [0.4, 0.5) is 5.13 Å². The van der Waals surface area contributed by atoms with Crippen molar-refractivity contribution in [1.29, 1.82) is 0 Å². The molecule has 0 atom stereocenters. The zero-order chi connectivity index (χ0) is 19.3. The molecule has 0 radical (unpaired) electrons. The number of thiazole rings is 1. The van der Waals surface area contributed by atoms with Crippen LogP contribution in [0.5, 0.6) is 0 Å². The Morgan fingerprint density at radius 2 is 2.04 bits per heavy atom. The molecule has 1 aromatic carbocycles. The van der Waals surface area contributed by atoms with Crippen molar-refractivity contribution in [1.82, 2.24) is 9.88 Å². The second kappa shape index (κ2) is 9.65. The highest BCUT2D eigenvalue weighted by atomic mass is 79.9. The smallest absolute Gasteiger partial charge is 0.231 e. The Bertz CT molecular complexity index is 800. The van der Waals surface area contributed by atoms with E-state index < -0.39 is 0 Å². The topological polar surface area (TPSA) is 45.7 Å². The van der Waals surface area contributed by atoms with Gasteiger partial charge in [-0.05, 0) is 37.5 Å². The van der Waals surface area contributed by atoms with Crippen molar-refractivity contribution in [3.05, 3.63) is 22.7 Å². The molecule has 28 heavy (non-hydrogen) atoms. The average molecular weight is 466 g/mol. The Morgan fingerprint density at radius 1 is 1.25 bits per heavy atom. The van der Waals surface area contributed by atoms with Crippen molar-refractivity contribution in [2.24, 2.45) is 5.92 Å². The van der Waals surface area contributed by atoms with E-state index in [1.165, 1.54) is 19.3 Å². The minimum absolute atomic E-state index is 0.163. The van der Waals surface area contributed by atoms with Gasteiger partial charge in [0.15, 0.2) is 5.13 Å². The molecule has 5 nitrogen and oxygen atoms in total. The Morgan fingerprint density at radius 3 is 2.82 bits per heavy atom. The number of aromatic nitrogens is 1. The quantitative estimate of drug-likeness (QED) is 0.620. The second-order valence-corrected chi connectivity index (χ2v) is 9.67. The van der Waals surface area contributed by atoms with Gasteiger partial charge < -0.3 is 4.74 Å². The van der Waals surface area contributed by atoms with Gasteiger partial charge in [0.05, 0.1) is 23.4 Å². The van der Waals surface area contributed by atoms with E-state index in [4.69, 9.17) is 9.72 Å². The molecule has 2 heterocycles. The monoisotopic (exact) mass is 465 g/mol. The maximum Gasteiger partial charge on any atom is 0.231 e. The van der Waals surface area contributed by atoms with Crippen molar-refractivity contribution in [2.45, 2.75) is 38.5 Å². The molecule has 0 spiro atoms. The predicted molar refractivity (Wildman–Crippen MR) is 118 cm³/mol. The third kappa shape index (κ3) is 4.93. The number of carbonyl (C=O) groups excluding carboxylic acids is 1. The summed E-state index contributed by atoms with van der Waals surface area (Å²) in [5.41, 5.74) is 0.970. The highest BCUT2D eigenvalue weighted by Crippen LogP contribution is 2.33. The van der Waals surface area contributed by atoms with Gasteiger partial charge in [0, 0.05) is 36.6 Å². The average Bonchev–Trinajstić information content (AvgIpc) is 3.15. The van der Waals surface area contributed by atoms with Gasteiger partial charge in [-0.1, -0.05) is 46.5 Å². The van der Waals surface area contributed by atoms with Gasteiger partial charge in [-0.3, -0.25) is 14.6 Å². The molecule has 2 aliphatic rings. The van der Waals surface area contributed by atoms with Gasteiger partial charge in [0.25, 0.3) is 0 Å². The molecule has 2 fully saturated rings. The van der Waals surface area contributed by atoms with Crippen LogP contribution in [-0.2, 0) is 9.53 Å². The molecule has 2 aromatic rings. The SMILES string of the molecule is O=C(C1CCCCC1)N(CCCN1CCOCC1)c1nc2ccc(Br)cc2s1. The first-order chi connectivity index (χ1) is 13.7. The summed E-state index contributed by atoms with van der Waals surface area (Å²) in [6.45, 7) is 5.37. The van der Waals surface area contributed by atoms with Crippen LogP contribution in [0.2, 0.25) is 0 Å². The lowest BCUT2D eigenvalue weighted by Crippen LogP contribution is -2.41. The molecule has 1 aliphatic heterocycles. The van der Waals surface area contributed by atoms with E-state index >= 15 is 0 Å². The lowest BCUT2D eigenvalue weighted by Gasteiger charge is -2.30. The summed E-state index contributed by atoms with van der Waals surface area (Å²) in [5.74, 6) is 0.440. The fourth-order valence-corrected chi connectivity index (χ4v) is 5.70. The van der Waals surface area contributed by atoms with Gasteiger partial charge in [0.2, 0.25) is 5.91 Å². The van der Waals surface area contributed by atoms with Crippen LogP contribution >= 0.6 is 27.3 Å². The molecular formula is C21H28BrN3O2S. The van der Waals surface area contributed by atoms with Gasteiger partial charge >= 0.3 is 0 Å². The molecule has 0 unspecified atom stereocenters. The number of amides is 1. The molecule has 0 bridgehead atoms. The summed E-state index contributed by atoms with van der Waals surface area (Å²) in [7, 11) is 0. The third-order valence-electron chi connectivity index (χ3n) is 5.75. The zero-order valence-corrected chi connectivity index (χ0v) is 18.6. The summed E-state index contributed by atoms with van der Waals surface area (Å²) in [4.78, 5) is 22.6. The molecule has 1 amide bonds. The second-order valence-electron chi connectivity index (χ2n) is 7.74. The first-order valence-electron chi connectivity index (χ1n) is 10.4. The number of nitrogens with zero attached hydrogens (tertiary/aromatic N) is 3. The predicted octanol–water partition coefficient (Wildman–Crippen LogP) is 4.69. The Kier molecular flexibility index (Phi) is 6.99. The number of rotatable bonds is 6. The minimum atomic E-state index is 0.163. The van der Waals surface area contributed by atoms with Crippen LogP contribution in [-0.4, -0.2) is 55.2 Å². The van der Waals surface area contributed by atoms with E-state index in [1.807, 2.05) is 17.0 Å². The maximum absolute atomic E-state index is 13.4. The largest absolute Gasteiger partial charge is 0.379 e. The summed E-state index contributed by atoms with van der Waals surface area (Å²) in [5, 5.41) is 0.852. The van der Waals surface area contributed by atoms with Crippen molar-refractivity contribution in [3.63, 3.8) is 0 Å². The Balaban J connectivity index is 1.50. The fourth-order valence-electron chi connectivity index (χ4n) is 4.15. The highest BCUT2D eigenvalue weighted by Gasteiger charge is 2.28. The lowest BCUT2D eigenvalue weighted by molar-refractivity contribution is -0.123. The number of anilines is 1. The summed E-state index contributed by atoms with van der Waals surface area (Å²) in [6.07, 6.45) is 6.62. The number of halogens is 1. The molecule has 4 rings (SSSR count). The normalized spacial score (nSPS) is 19.2. The minimum Gasteiger partial charge on any atom is -0.379 e. The Hall–Kier alpha value is -1.02. The van der Waals surface area contributed by atoms with Gasteiger partial charge in [-0.2, -0.15) is 0 Å². The fraction of sp³-hybridized carbons (Fsp3) is 0.619. The van der Waals surface area contributed by atoms with Crippen LogP contribution in [0.3, 0.4) is 0 Å². The summed E-state index contributed by atoms with van der Waals surface area (Å²) < 4.78 is 7.61. The van der Waals surface area contributed by atoms with Crippen molar-refractivity contribution >= 4 is 48.5 Å². The first-order valence-corrected chi connectivity index (χ1v) is 12.0. The summed E-state index contributed by atoms with van der Waals surface area (Å²) in [6, 6.07) is 6.13. The van der Waals surface area contributed by atoms with E-state index in [0.717, 1.165) is 78.5 Å². The van der Waals surface area contributed by atoms with E-state index in [-0.39, 0.29) is 11.8 Å². The molecule has 1 aromatic heterocycles. The van der Waals surface area contributed by atoms with Crippen molar-refractivity contribution in [2.75, 3.05) is 44.3 Å². The van der Waals surface area contributed by atoms with Crippen LogP contribution in [0.1, 0.15) is 38.5 Å². The van der Waals surface area contributed by atoms with Gasteiger partial charge in [0.1, 0.15) is 0 Å². The number of benzene rings is 1. The number of carbonyl (C=O) groups is 1. The van der Waals surface area contributed by atoms with Gasteiger partial charge in [-0.15, -0.1) is 0 Å². The third-order valence-corrected chi connectivity index (χ3v) is 7.28.